The van der Waals surface area contributed by atoms with Gasteiger partial charge in [0.2, 0.25) is 0 Å². The summed E-state index contributed by atoms with van der Waals surface area (Å²) in [4.78, 5) is 13.6. The Kier molecular flexibility index (Phi) is 8.50. The molecular formula is C22H28N4O2. The summed E-state index contributed by atoms with van der Waals surface area (Å²) < 4.78 is 0. The maximum atomic E-state index is 11.2. The Bertz CT molecular complexity index is 807. The Labute approximate surface area is 166 Å². The van der Waals surface area contributed by atoms with Crippen molar-refractivity contribution in [2.45, 2.75) is 33.0 Å². The second kappa shape index (κ2) is 11.1. The molecule has 0 aliphatic carbocycles. The summed E-state index contributed by atoms with van der Waals surface area (Å²) in [6.45, 7) is 7.51. The number of benzene rings is 2. The van der Waals surface area contributed by atoms with Crippen LogP contribution in [0.1, 0.15) is 37.0 Å². The maximum absolute atomic E-state index is 11.2. The van der Waals surface area contributed by atoms with Crippen LogP contribution < -0.4 is 16.5 Å². The second-order valence-corrected chi connectivity index (χ2v) is 6.49. The van der Waals surface area contributed by atoms with E-state index in [9.17, 15) is 4.79 Å². The summed E-state index contributed by atoms with van der Waals surface area (Å²) in [5.74, 6) is 5.59. The molecule has 1 atom stereocenters. The zero-order valence-electron chi connectivity index (χ0n) is 16.4. The quantitative estimate of drug-likeness (QED) is 0.245. The first kappa shape index (κ1) is 21.5. The van der Waals surface area contributed by atoms with Crippen molar-refractivity contribution in [1.29, 1.82) is 0 Å². The summed E-state index contributed by atoms with van der Waals surface area (Å²) >= 11 is 0. The van der Waals surface area contributed by atoms with Crippen molar-refractivity contribution in [3.05, 3.63) is 65.2 Å². The first-order valence-electron chi connectivity index (χ1n) is 9.45. The third-order valence-corrected chi connectivity index (χ3v) is 4.30. The first-order chi connectivity index (χ1) is 13.5. The molecule has 0 aromatic heterocycles. The van der Waals surface area contributed by atoms with E-state index in [-0.39, 0.29) is 0 Å². The van der Waals surface area contributed by atoms with Crippen molar-refractivity contribution in [3.63, 3.8) is 0 Å². The van der Waals surface area contributed by atoms with Gasteiger partial charge in [-0.2, -0.15) is 0 Å². The molecule has 0 radical (unpaired) electrons. The molecule has 0 heterocycles. The highest BCUT2D eigenvalue weighted by Gasteiger charge is 2.11. The number of hydroxylamine groups is 1. The maximum Gasteiger partial charge on any atom is 0.280 e. The summed E-state index contributed by atoms with van der Waals surface area (Å²) in [5.41, 5.74) is 10.9. The summed E-state index contributed by atoms with van der Waals surface area (Å²) in [5, 5.41) is 11.3. The van der Waals surface area contributed by atoms with Crippen molar-refractivity contribution in [3.8, 4) is 11.8 Å². The number of carbonyl (C=O) groups is 1. The van der Waals surface area contributed by atoms with Gasteiger partial charge < -0.3 is 11.1 Å². The standard InChI is InChI=1S/C22H28N4O2/c1-3-15-26(4-2)16-19-9-7-17(8-10-19)5-6-18-11-13-20(14-12-18)24-21(23)22(27)25-28/h7-14,21,24,28H,3-4,15-16,23H2,1-2H3,(H,25,27). The van der Waals surface area contributed by atoms with Crippen molar-refractivity contribution < 1.29 is 10.0 Å². The number of rotatable bonds is 8. The van der Waals surface area contributed by atoms with E-state index in [1.165, 1.54) is 11.0 Å². The highest BCUT2D eigenvalue weighted by atomic mass is 16.5. The third-order valence-electron chi connectivity index (χ3n) is 4.30. The largest absolute Gasteiger partial charge is 0.362 e. The van der Waals surface area contributed by atoms with Crippen LogP contribution >= 0.6 is 0 Å². The lowest BCUT2D eigenvalue weighted by Crippen LogP contribution is -2.44. The molecule has 6 nitrogen and oxygen atoms in total. The minimum Gasteiger partial charge on any atom is -0.362 e. The van der Waals surface area contributed by atoms with E-state index in [4.69, 9.17) is 10.9 Å². The number of nitrogens with one attached hydrogen (secondary N) is 2. The predicted octanol–water partition coefficient (Wildman–Crippen LogP) is 2.52. The molecule has 0 aliphatic heterocycles. The van der Waals surface area contributed by atoms with E-state index in [2.05, 4.69) is 48.0 Å². The number of hydrogen-bond donors (Lipinski definition) is 4. The molecule has 5 N–H and O–H groups in total. The van der Waals surface area contributed by atoms with E-state index in [1.807, 2.05) is 24.3 Å². The third kappa shape index (κ3) is 6.71. The Morgan fingerprint density at radius 2 is 1.64 bits per heavy atom. The van der Waals surface area contributed by atoms with Gasteiger partial charge in [-0.05, 0) is 61.5 Å². The predicted molar refractivity (Wildman–Crippen MR) is 112 cm³/mol. The van der Waals surface area contributed by atoms with Crippen LogP contribution in [-0.4, -0.2) is 35.3 Å². The fourth-order valence-corrected chi connectivity index (χ4v) is 2.73. The second-order valence-electron chi connectivity index (χ2n) is 6.49. The number of nitrogens with zero attached hydrogens (tertiary/aromatic N) is 1. The molecule has 0 saturated heterocycles. The van der Waals surface area contributed by atoms with E-state index in [0.717, 1.165) is 37.2 Å². The van der Waals surface area contributed by atoms with Crippen molar-refractivity contribution in [2.24, 2.45) is 5.73 Å². The van der Waals surface area contributed by atoms with E-state index >= 15 is 0 Å². The average molecular weight is 380 g/mol. The van der Waals surface area contributed by atoms with Crippen LogP contribution in [0.5, 0.6) is 0 Å². The van der Waals surface area contributed by atoms with Gasteiger partial charge in [-0.3, -0.25) is 14.9 Å². The number of hydrogen-bond acceptors (Lipinski definition) is 5. The van der Waals surface area contributed by atoms with E-state index in [0.29, 0.717) is 5.69 Å². The van der Waals surface area contributed by atoms with Crippen LogP contribution in [0.2, 0.25) is 0 Å². The van der Waals surface area contributed by atoms with Crippen LogP contribution in [-0.2, 0) is 11.3 Å². The van der Waals surface area contributed by atoms with Gasteiger partial charge in [-0.15, -0.1) is 0 Å². The fourth-order valence-electron chi connectivity index (χ4n) is 2.73. The van der Waals surface area contributed by atoms with Crippen molar-refractivity contribution in [1.82, 2.24) is 10.4 Å². The highest BCUT2D eigenvalue weighted by Crippen LogP contribution is 2.10. The van der Waals surface area contributed by atoms with Gasteiger partial charge in [-0.1, -0.05) is 37.8 Å². The van der Waals surface area contributed by atoms with E-state index in [1.54, 1.807) is 12.1 Å². The normalized spacial score (nSPS) is 11.5. The Balaban J connectivity index is 1.96. The van der Waals surface area contributed by atoms with Gasteiger partial charge in [0.25, 0.3) is 5.91 Å². The molecule has 0 aliphatic rings. The van der Waals surface area contributed by atoms with Crippen LogP contribution in [0, 0.1) is 11.8 Å². The summed E-state index contributed by atoms with van der Waals surface area (Å²) in [6, 6.07) is 15.6. The Hall–Kier alpha value is -2.85. The van der Waals surface area contributed by atoms with Crippen molar-refractivity contribution >= 4 is 11.6 Å². The molecule has 0 saturated carbocycles. The lowest BCUT2D eigenvalue weighted by atomic mass is 10.1. The Morgan fingerprint density at radius 1 is 1.07 bits per heavy atom. The molecule has 0 spiro atoms. The molecule has 28 heavy (non-hydrogen) atoms. The average Bonchev–Trinajstić information content (AvgIpc) is 2.73. The molecule has 6 heteroatoms. The SMILES string of the molecule is CCCN(CC)Cc1ccc(C#Cc2ccc(NC(N)C(=O)NO)cc2)cc1. The van der Waals surface area contributed by atoms with Gasteiger partial charge >= 0.3 is 0 Å². The lowest BCUT2D eigenvalue weighted by molar-refractivity contribution is -0.129. The fraction of sp³-hybridized carbons (Fsp3) is 0.318. The van der Waals surface area contributed by atoms with Crippen LogP contribution in [0.25, 0.3) is 0 Å². The van der Waals surface area contributed by atoms with Gasteiger partial charge in [0.15, 0.2) is 6.17 Å². The molecule has 2 rings (SSSR count). The minimum absolute atomic E-state index is 0.665. The lowest BCUT2D eigenvalue weighted by Gasteiger charge is -2.19. The molecule has 0 bridgehead atoms. The highest BCUT2D eigenvalue weighted by molar-refractivity contribution is 5.82. The zero-order chi connectivity index (χ0) is 20.4. The molecular weight excluding hydrogens is 352 g/mol. The molecule has 2 aromatic rings. The Morgan fingerprint density at radius 3 is 2.14 bits per heavy atom. The van der Waals surface area contributed by atoms with E-state index < -0.39 is 12.1 Å². The smallest absolute Gasteiger partial charge is 0.280 e. The summed E-state index contributed by atoms with van der Waals surface area (Å²) in [6.07, 6.45) is 0.133. The van der Waals surface area contributed by atoms with Crippen LogP contribution in [0.3, 0.4) is 0 Å². The first-order valence-corrected chi connectivity index (χ1v) is 9.45. The number of carbonyl (C=O) groups excluding carboxylic acids is 1. The number of anilines is 1. The number of amides is 1. The van der Waals surface area contributed by atoms with Crippen LogP contribution in [0.15, 0.2) is 48.5 Å². The zero-order valence-corrected chi connectivity index (χ0v) is 16.4. The summed E-state index contributed by atoms with van der Waals surface area (Å²) in [7, 11) is 0. The van der Waals surface area contributed by atoms with Crippen LogP contribution in [0.4, 0.5) is 5.69 Å². The monoisotopic (exact) mass is 380 g/mol. The molecule has 0 fully saturated rings. The minimum atomic E-state index is -1.03. The number of nitrogens with two attached hydrogens (primary N) is 1. The van der Waals surface area contributed by atoms with Gasteiger partial charge in [0, 0.05) is 23.4 Å². The molecule has 1 amide bonds. The molecule has 1 unspecified atom stereocenters. The topological polar surface area (TPSA) is 90.6 Å². The van der Waals surface area contributed by atoms with Gasteiger partial charge in [-0.25, -0.2) is 5.48 Å². The molecule has 2 aromatic carbocycles. The van der Waals surface area contributed by atoms with Gasteiger partial charge in [0.1, 0.15) is 0 Å². The van der Waals surface area contributed by atoms with Crippen molar-refractivity contribution in [2.75, 3.05) is 18.4 Å². The van der Waals surface area contributed by atoms with Gasteiger partial charge in [0.05, 0.1) is 0 Å². The molecule has 148 valence electrons.